The Morgan fingerprint density at radius 1 is 1.29 bits per heavy atom. The summed E-state index contributed by atoms with van der Waals surface area (Å²) in [4.78, 5) is 12.2. The molecule has 0 aromatic heterocycles. The van der Waals surface area contributed by atoms with Gasteiger partial charge >= 0.3 is 0 Å². The first-order valence-corrected chi connectivity index (χ1v) is 7.70. The Bertz CT molecular complexity index is 459. The van der Waals surface area contributed by atoms with E-state index in [0.717, 1.165) is 24.3 Å². The van der Waals surface area contributed by atoms with Gasteiger partial charge in [0, 0.05) is 12.8 Å². The zero-order valence-corrected chi connectivity index (χ0v) is 13.1. The second-order valence-corrected chi connectivity index (χ2v) is 5.79. The standard InChI is InChI=1S/C17H25NO3/c1-4-17(2,20-3)16(19)18-13-9-11-15(12-10-13)21-14-7-5-6-8-14/h9-12,14H,4-8H2,1-3H3,(H,18,19)/t17-/m1/s1. The fourth-order valence-corrected chi connectivity index (χ4v) is 2.48. The fraction of sp³-hybridized carbons (Fsp3) is 0.588. The van der Waals surface area contributed by atoms with E-state index in [1.54, 1.807) is 14.0 Å². The predicted molar refractivity (Wildman–Crippen MR) is 83.7 cm³/mol. The molecule has 1 N–H and O–H groups in total. The van der Waals surface area contributed by atoms with Crippen LogP contribution in [0.1, 0.15) is 46.0 Å². The Kier molecular flexibility index (Phi) is 5.23. The predicted octanol–water partition coefficient (Wildman–Crippen LogP) is 3.76. The van der Waals surface area contributed by atoms with Crippen LogP contribution < -0.4 is 10.1 Å². The molecule has 116 valence electrons. The summed E-state index contributed by atoms with van der Waals surface area (Å²) in [6.45, 7) is 3.72. The second kappa shape index (κ2) is 6.94. The van der Waals surface area contributed by atoms with Gasteiger partial charge in [0.2, 0.25) is 0 Å². The van der Waals surface area contributed by atoms with Gasteiger partial charge in [-0.05, 0) is 63.3 Å². The van der Waals surface area contributed by atoms with Gasteiger partial charge in [-0.15, -0.1) is 0 Å². The molecule has 1 saturated carbocycles. The Labute approximate surface area is 126 Å². The first-order valence-electron chi connectivity index (χ1n) is 7.70. The maximum atomic E-state index is 12.2. The van der Waals surface area contributed by atoms with Gasteiger partial charge in [0.05, 0.1) is 6.10 Å². The molecule has 4 heteroatoms. The van der Waals surface area contributed by atoms with Crippen molar-refractivity contribution in [3.05, 3.63) is 24.3 Å². The molecule has 0 bridgehead atoms. The van der Waals surface area contributed by atoms with E-state index in [1.807, 2.05) is 31.2 Å². The summed E-state index contributed by atoms with van der Waals surface area (Å²) in [5, 5.41) is 2.89. The molecular weight excluding hydrogens is 266 g/mol. The molecule has 0 radical (unpaired) electrons. The van der Waals surface area contributed by atoms with Gasteiger partial charge in [0.25, 0.3) is 5.91 Å². The highest BCUT2D eigenvalue weighted by Crippen LogP contribution is 2.25. The first kappa shape index (κ1) is 15.8. The third-order valence-corrected chi connectivity index (χ3v) is 4.32. The van der Waals surface area contributed by atoms with Gasteiger partial charge in [0.1, 0.15) is 11.4 Å². The van der Waals surface area contributed by atoms with E-state index in [9.17, 15) is 4.79 Å². The van der Waals surface area contributed by atoms with Gasteiger partial charge in [0.15, 0.2) is 0 Å². The molecule has 0 saturated heterocycles. The summed E-state index contributed by atoms with van der Waals surface area (Å²) in [5.41, 5.74) is -0.0329. The van der Waals surface area contributed by atoms with Crippen molar-refractivity contribution in [2.75, 3.05) is 12.4 Å². The van der Waals surface area contributed by atoms with E-state index in [-0.39, 0.29) is 5.91 Å². The van der Waals surface area contributed by atoms with E-state index in [2.05, 4.69) is 5.32 Å². The van der Waals surface area contributed by atoms with Crippen LogP contribution in [0.4, 0.5) is 5.69 Å². The van der Waals surface area contributed by atoms with Crippen LogP contribution in [-0.2, 0) is 9.53 Å². The molecule has 2 rings (SSSR count). The number of carbonyl (C=O) groups is 1. The van der Waals surface area contributed by atoms with E-state index >= 15 is 0 Å². The van der Waals surface area contributed by atoms with Crippen molar-refractivity contribution in [2.24, 2.45) is 0 Å². The molecule has 1 amide bonds. The Morgan fingerprint density at radius 3 is 2.43 bits per heavy atom. The number of carbonyl (C=O) groups excluding carboxylic acids is 1. The maximum Gasteiger partial charge on any atom is 0.256 e. The van der Waals surface area contributed by atoms with Crippen molar-refractivity contribution in [2.45, 2.75) is 57.7 Å². The monoisotopic (exact) mass is 291 g/mol. The van der Waals surface area contributed by atoms with Crippen molar-refractivity contribution in [3.63, 3.8) is 0 Å². The van der Waals surface area contributed by atoms with Crippen molar-refractivity contribution in [1.29, 1.82) is 0 Å². The summed E-state index contributed by atoms with van der Waals surface area (Å²) in [7, 11) is 1.56. The fourth-order valence-electron chi connectivity index (χ4n) is 2.48. The molecule has 0 spiro atoms. The van der Waals surface area contributed by atoms with Crippen LogP contribution in [-0.4, -0.2) is 24.7 Å². The first-order chi connectivity index (χ1) is 10.1. The van der Waals surface area contributed by atoms with E-state index in [4.69, 9.17) is 9.47 Å². The number of hydrogen-bond acceptors (Lipinski definition) is 3. The van der Waals surface area contributed by atoms with Crippen LogP contribution in [0.15, 0.2) is 24.3 Å². The molecule has 1 aliphatic carbocycles. The summed E-state index contributed by atoms with van der Waals surface area (Å²) < 4.78 is 11.2. The minimum Gasteiger partial charge on any atom is -0.490 e. The van der Waals surface area contributed by atoms with Gasteiger partial charge in [-0.1, -0.05) is 6.92 Å². The van der Waals surface area contributed by atoms with E-state index < -0.39 is 5.60 Å². The number of ether oxygens (including phenoxy) is 2. The topological polar surface area (TPSA) is 47.6 Å². The van der Waals surface area contributed by atoms with Crippen LogP contribution in [0.5, 0.6) is 5.75 Å². The number of hydrogen-bond donors (Lipinski definition) is 1. The van der Waals surface area contributed by atoms with Crippen LogP contribution in [0, 0.1) is 0 Å². The summed E-state index contributed by atoms with van der Waals surface area (Å²) >= 11 is 0. The molecule has 1 fully saturated rings. The lowest BCUT2D eigenvalue weighted by molar-refractivity contribution is -0.136. The molecule has 0 unspecified atom stereocenters. The average Bonchev–Trinajstić information content (AvgIpc) is 3.01. The SMILES string of the molecule is CC[C@@](C)(OC)C(=O)Nc1ccc(OC2CCCC2)cc1. The number of benzene rings is 1. The molecule has 4 nitrogen and oxygen atoms in total. The van der Waals surface area contributed by atoms with Crippen molar-refractivity contribution in [3.8, 4) is 5.75 Å². The normalized spacial score (nSPS) is 18.2. The lowest BCUT2D eigenvalue weighted by Crippen LogP contribution is -2.41. The number of nitrogens with one attached hydrogen (secondary N) is 1. The molecule has 1 aliphatic rings. The van der Waals surface area contributed by atoms with Gasteiger partial charge in [-0.3, -0.25) is 4.79 Å². The maximum absolute atomic E-state index is 12.2. The molecule has 0 heterocycles. The minimum absolute atomic E-state index is 0.128. The third-order valence-electron chi connectivity index (χ3n) is 4.32. The van der Waals surface area contributed by atoms with E-state index in [1.165, 1.54) is 12.8 Å². The second-order valence-electron chi connectivity index (χ2n) is 5.79. The summed E-state index contributed by atoms with van der Waals surface area (Å²) in [5.74, 6) is 0.738. The van der Waals surface area contributed by atoms with Crippen molar-refractivity contribution < 1.29 is 14.3 Å². The molecule has 1 aromatic rings. The average molecular weight is 291 g/mol. The molecule has 1 atom stereocenters. The van der Waals surface area contributed by atoms with Gasteiger partial charge in [-0.2, -0.15) is 0 Å². The van der Waals surface area contributed by atoms with Gasteiger partial charge < -0.3 is 14.8 Å². The zero-order valence-electron chi connectivity index (χ0n) is 13.1. The highest BCUT2D eigenvalue weighted by Gasteiger charge is 2.30. The number of anilines is 1. The lowest BCUT2D eigenvalue weighted by atomic mass is 10.0. The molecule has 0 aliphatic heterocycles. The minimum atomic E-state index is -0.793. The van der Waals surface area contributed by atoms with Crippen LogP contribution in [0.3, 0.4) is 0 Å². The zero-order chi connectivity index (χ0) is 15.3. The number of rotatable bonds is 6. The largest absolute Gasteiger partial charge is 0.490 e. The molecule has 21 heavy (non-hydrogen) atoms. The number of amides is 1. The summed E-state index contributed by atoms with van der Waals surface area (Å²) in [6.07, 6.45) is 5.76. The van der Waals surface area contributed by atoms with Crippen molar-refractivity contribution >= 4 is 11.6 Å². The van der Waals surface area contributed by atoms with E-state index in [0.29, 0.717) is 12.5 Å². The highest BCUT2D eigenvalue weighted by molar-refractivity contribution is 5.97. The van der Waals surface area contributed by atoms with Crippen LogP contribution in [0.2, 0.25) is 0 Å². The summed E-state index contributed by atoms with van der Waals surface area (Å²) in [6, 6.07) is 7.55. The molecular formula is C17H25NO3. The van der Waals surface area contributed by atoms with Gasteiger partial charge in [-0.25, -0.2) is 0 Å². The highest BCUT2D eigenvalue weighted by atomic mass is 16.5. The Balaban J connectivity index is 1.94. The van der Waals surface area contributed by atoms with Crippen LogP contribution in [0.25, 0.3) is 0 Å². The smallest absolute Gasteiger partial charge is 0.256 e. The quantitative estimate of drug-likeness (QED) is 0.868. The Hall–Kier alpha value is -1.55. The number of methoxy groups -OCH3 is 1. The lowest BCUT2D eigenvalue weighted by Gasteiger charge is -2.25. The Morgan fingerprint density at radius 2 is 1.90 bits per heavy atom. The van der Waals surface area contributed by atoms with Crippen LogP contribution >= 0.6 is 0 Å². The van der Waals surface area contributed by atoms with Crippen molar-refractivity contribution in [1.82, 2.24) is 0 Å². The molecule has 1 aromatic carbocycles. The third kappa shape index (κ3) is 3.97.